The standard InChI is InChI=1S/C16H16N2O4/c1-9-7-11(19)3-5-13(9)17-15(21)16(22)18-14-6-4-12(20)8-10(14)2/h3-8,19-20H,1-2H3,(H,17,21)(H,18,22). The van der Waals surface area contributed by atoms with Crippen LogP contribution in [0.3, 0.4) is 0 Å². The van der Waals surface area contributed by atoms with E-state index >= 15 is 0 Å². The van der Waals surface area contributed by atoms with Crippen molar-refractivity contribution in [2.45, 2.75) is 13.8 Å². The first-order valence-corrected chi connectivity index (χ1v) is 6.58. The third-order valence-corrected chi connectivity index (χ3v) is 3.12. The molecule has 0 aliphatic heterocycles. The first-order chi connectivity index (χ1) is 10.4. The van der Waals surface area contributed by atoms with Crippen molar-refractivity contribution in [1.82, 2.24) is 0 Å². The Morgan fingerprint density at radius 2 is 1.14 bits per heavy atom. The Morgan fingerprint density at radius 1 is 0.773 bits per heavy atom. The number of hydrogen-bond acceptors (Lipinski definition) is 4. The minimum absolute atomic E-state index is 0.0830. The van der Waals surface area contributed by atoms with Gasteiger partial charge in [-0.3, -0.25) is 9.59 Å². The van der Waals surface area contributed by atoms with Crippen LogP contribution >= 0.6 is 0 Å². The van der Waals surface area contributed by atoms with Crippen molar-refractivity contribution < 1.29 is 19.8 Å². The number of carbonyl (C=O) groups is 2. The van der Waals surface area contributed by atoms with Gasteiger partial charge in [-0.05, 0) is 61.4 Å². The first kappa shape index (κ1) is 15.4. The number of aromatic hydroxyl groups is 2. The highest BCUT2D eigenvalue weighted by molar-refractivity contribution is 6.43. The van der Waals surface area contributed by atoms with E-state index in [1.807, 2.05) is 0 Å². The summed E-state index contributed by atoms with van der Waals surface area (Å²) in [5.74, 6) is -1.47. The van der Waals surface area contributed by atoms with Crippen LogP contribution in [0.1, 0.15) is 11.1 Å². The van der Waals surface area contributed by atoms with Crippen molar-refractivity contribution in [2.75, 3.05) is 10.6 Å². The van der Waals surface area contributed by atoms with E-state index in [0.717, 1.165) is 0 Å². The minimum atomic E-state index is -0.818. The van der Waals surface area contributed by atoms with Gasteiger partial charge in [0.15, 0.2) is 0 Å². The Morgan fingerprint density at radius 3 is 1.45 bits per heavy atom. The molecule has 0 aliphatic rings. The lowest BCUT2D eigenvalue weighted by molar-refractivity contribution is -0.133. The van der Waals surface area contributed by atoms with Gasteiger partial charge < -0.3 is 20.8 Å². The van der Waals surface area contributed by atoms with Crippen molar-refractivity contribution in [3.63, 3.8) is 0 Å². The number of hydrogen-bond donors (Lipinski definition) is 4. The Bertz CT molecular complexity index is 677. The molecular formula is C16H16N2O4. The Hall–Kier alpha value is -3.02. The molecule has 0 saturated heterocycles. The molecule has 0 atom stereocenters. The van der Waals surface area contributed by atoms with E-state index in [1.54, 1.807) is 13.8 Å². The molecule has 4 N–H and O–H groups in total. The number of phenolic OH excluding ortho intramolecular Hbond substituents is 2. The first-order valence-electron chi connectivity index (χ1n) is 6.58. The van der Waals surface area contributed by atoms with Gasteiger partial charge in [-0.2, -0.15) is 0 Å². The molecule has 0 radical (unpaired) electrons. The van der Waals surface area contributed by atoms with E-state index in [4.69, 9.17) is 0 Å². The molecule has 0 saturated carbocycles. The topological polar surface area (TPSA) is 98.7 Å². The number of amides is 2. The van der Waals surface area contributed by atoms with E-state index in [0.29, 0.717) is 22.5 Å². The average molecular weight is 300 g/mol. The molecule has 0 aliphatic carbocycles. The third kappa shape index (κ3) is 3.54. The van der Waals surface area contributed by atoms with E-state index in [-0.39, 0.29) is 11.5 Å². The van der Waals surface area contributed by atoms with E-state index in [9.17, 15) is 19.8 Å². The van der Waals surface area contributed by atoms with Crippen LogP contribution in [-0.2, 0) is 9.59 Å². The maximum absolute atomic E-state index is 11.9. The lowest BCUT2D eigenvalue weighted by atomic mass is 10.2. The van der Waals surface area contributed by atoms with Crippen LogP contribution in [0.5, 0.6) is 11.5 Å². The molecule has 6 heteroatoms. The zero-order valence-electron chi connectivity index (χ0n) is 12.2. The van der Waals surface area contributed by atoms with Gasteiger partial charge in [0.05, 0.1) is 0 Å². The fourth-order valence-corrected chi connectivity index (χ4v) is 1.93. The Labute approximate surface area is 127 Å². The van der Waals surface area contributed by atoms with E-state index in [2.05, 4.69) is 10.6 Å². The number of benzene rings is 2. The number of phenols is 2. The molecule has 2 aromatic carbocycles. The molecule has 0 aromatic heterocycles. The Balaban J connectivity index is 2.07. The number of aryl methyl sites for hydroxylation is 2. The minimum Gasteiger partial charge on any atom is -0.508 e. The fourth-order valence-electron chi connectivity index (χ4n) is 1.93. The van der Waals surface area contributed by atoms with Gasteiger partial charge in [-0.1, -0.05) is 0 Å². The van der Waals surface area contributed by atoms with Crippen LogP contribution in [0.25, 0.3) is 0 Å². The van der Waals surface area contributed by atoms with Gasteiger partial charge >= 0.3 is 11.8 Å². The molecule has 0 unspecified atom stereocenters. The van der Waals surface area contributed by atoms with Gasteiger partial charge in [-0.15, -0.1) is 0 Å². The van der Waals surface area contributed by atoms with Crippen molar-refractivity contribution in [2.24, 2.45) is 0 Å². The van der Waals surface area contributed by atoms with Gasteiger partial charge in [0.1, 0.15) is 11.5 Å². The molecule has 6 nitrogen and oxygen atoms in total. The molecule has 22 heavy (non-hydrogen) atoms. The van der Waals surface area contributed by atoms with E-state index < -0.39 is 11.8 Å². The van der Waals surface area contributed by atoms with Crippen molar-refractivity contribution >= 4 is 23.2 Å². The molecule has 0 spiro atoms. The van der Waals surface area contributed by atoms with Crippen LogP contribution in [0, 0.1) is 13.8 Å². The lowest BCUT2D eigenvalue weighted by Gasteiger charge is -2.10. The zero-order chi connectivity index (χ0) is 16.3. The van der Waals surface area contributed by atoms with E-state index in [1.165, 1.54) is 36.4 Å². The predicted molar refractivity (Wildman–Crippen MR) is 82.9 cm³/mol. The van der Waals surface area contributed by atoms with Crippen molar-refractivity contribution in [3.8, 4) is 11.5 Å². The van der Waals surface area contributed by atoms with Crippen LogP contribution in [0.15, 0.2) is 36.4 Å². The second kappa shape index (κ2) is 6.17. The maximum Gasteiger partial charge on any atom is 0.314 e. The highest BCUT2D eigenvalue weighted by Crippen LogP contribution is 2.21. The quantitative estimate of drug-likeness (QED) is 0.505. The van der Waals surface area contributed by atoms with Gasteiger partial charge in [-0.25, -0.2) is 0 Å². The number of anilines is 2. The van der Waals surface area contributed by atoms with Crippen LogP contribution in [0.2, 0.25) is 0 Å². The Kier molecular flexibility index (Phi) is 4.31. The normalized spacial score (nSPS) is 10.1. The summed E-state index contributed by atoms with van der Waals surface area (Å²) in [6, 6.07) is 8.84. The molecule has 2 amide bonds. The SMILES string of the molecule is Cc1cc(O)ccc1NC(=O)C(=O)Nc1ccc(O)cc1C. The summed E-state index contributed by atoms with van der Waals surface area (Å²) in [5.41, 5.74) is 2.17. The van der Waals surface area contributed by atoms with Crippen LogP contribution in [0.4, 0.5) is 11.4 Å². The van der Waals surface area contributed by atoms with Gasteiger partial charge in [0, 0.05) is 11.4 Å². The van der Waals surface area contributed by atoms with Gasteiger partial charge in [0.2, 0.25) is 0 Å². The number of nitrogens with one attached hydrogen (secondary N) is 2. The molecule has 114 valence electrons. The fraction of sp³-hybridized carbons (Fsp3) is 0.125. The van der Waals surface area contributed by atoms with Crippen LogP contribution < -0.4 is 10.6 Å². The monoisotopic (exact) mass is 300 g/mol. The molecule has 0 bridgehead atoms. The molecule has 2 rings (SSSR count). The molecule has 2 aromatic rings. The molecular weight excluding hydrogens is 284 g/mol. The number of rotatable bonds is 2. The summed E-state index contributed by atoms with van der Waals surface area (Å²) in [7, 11) is 0. The second-order valence-corrected chi connectivity index (χ2v) is 4.91. The van der Waals surface area contributed by atoms with Crippen LogP contribution in [-0.4, -0.2) is 22.0 Å². The van der Waals surface area contributed by atoms with Gasteiger partial charge in [0.25, 0.3) is 0 Å². The average Bonchev–Trinajstić information content (AvgIpc) is 2.44. The highest BCUT2D eigenvalue weighted by atomic mass is 16.3. The predicted octanol–water partition coefficient (Wildman–Crippen LogP) is 2.29. The third-order valence-electron chi connectivity index (χ3n) is 3.12. The maximum atomic E-state index is 11.9. The molecule has 0 fully saturated rings. The summed E-state index contributed by atoms with van der Waals surface area (Å²) >= 11 is 0. The van der Waals surface area contributed by atoms with Crippen molar-refractivity contribution in [3.05, 3.63) is 47.5 Å². The second-order valence-electron chi connectivity index (χ2n) is 4.91. The molecule has 0 heterocycles. The summed E-state index contributed by atoms with van der Waals surface area (Å²) in [4.78, 5) is 23.8. The summed E-state index contributed by atoms with van der Waals surface area (Å²) in [5, 5.41) is 23.6. The summed E-state index contributed by atoms with van der Waals surface area (Å²) in [6.07, 6.45) is 0. The summed E-state index contributed by atoms with van der Waals surface area (Å²) in [6.45, 7) is 3.41. The van der Waals surface area contributed by atoms with Crippen molar-refractivity contribution in [1.29, 1.82) is 0 Å². The zero-order valence-corrected chi connectivity index (χ0v) is 12.2. The lowest BCUT2D eigenvalue weighted by Crippen LogP contribution is -2.29. The largest absolute Gasteiger partial charge is 0.508 e. The summed E-state index contributed by atoms with van der Waals surface area (Å²) < 4.78 is 0. The highest BCUT2D eigenvalue weighted by Gasteiger charge is 2.16. The smallest absolute Gasteiger partial charge is 0.314 e. The number of carbonyl (C=O) groups excluding carboxylic acids is 2.